The first-order chi connectivity index (χ1) is 13.5. The van der Waals surface area contributed by atoms with E-state index in [1.54, 1.807) is 0 Å². The van der Waals surface area contributed by atoms with Crippen molar-refractivity contribution in [1.29, 1.82) is 0 Å². The molecule has 1 aromatic rings. The van der Waals surface area contributed by atoms with Crippen molar-refractivity contribution < 1.29 is 5.11 Å². The summed E-state index contributed by atoms with van der Waals surface area (Å²) in [5, 5.41) is 10.5. The van der Waals surface area contributed by atoms with Crippen molar-refractivity contribution in [2.24, 2.45) is 0 Å². The number of hydrogen-bond acceptors (Lipinski definition) is 1. The van der Waals surface area contributed by atoms with Crippen LogP contribution in [0.5, 0.6) is 5.75 Å². The first-order valence-electron chi connectivity index (χ1n) is 12.3. The van der Waals surface area contributed by atoms with E-state index in [0.29, 0.717) is 17.6 Å². The second-order valence-corrected chi connectivity index (χ2v) is 9.18. The second kappa shape index (κ2) is 14.9. The van der Waals surface area contributed by atoms with Gasteiger partial charge in [0.05, 0.1) is 0 Å². The minimum absolute atomic E-state index is 0.451. The number of rotatable bonds is 16. The van der Waals surface area contributed by atoms with Crippen molar-refractivity contribution in [1.82, 2.24) is 0 Å². The van der Waals surface area contributed by atoms with E-state index in [0.717, 1.165) is 0 Å². The Bertz CT molecular complexity index is 476. The average Bonchev–Trinajstić information content (AvgIpc) is 2.67. The highest BCUT2D eigenvalue weighted by molar-refractivity contribution is 5.44. The van der Waals surface area contributed by atoms with Gasteiger partial charge in [-0.25, -0.2) is 0 Å². The molecule has 1 nitrogen and oxygen atoms in total. The molecular weight excluding hydrogens is 340 g/mol. The molecule has 0 aliphatic heterocycles. The van der Waals surface area contributed by atoms with Gasteiger partial charge in [-0.3, -0.25) is 0 Å². The Morgan fingerprint density at radius 3 is 1.57 bits per heavy atom. The SMILES string of the molecule is CCCCCCCCC(C)c1cc(C(C)CCCCCCCC)c(O)cc1C. The molecule has 28 heavy (non-hydrogen) atoms. The van der Waals surface area contributed by atoms with Gasteiger partial charge in [-0.05, 0) is 54.4 Å². The zero-order chi connectivity index (χ0) is 20.8. The van der Waals surface area contributed by atoms with Crippen LogP contribution in [-0.2, 0) is 0 Å². The van der Waals surface area contributed by atoms with Gasteiger partial charge in [0.25, 0.3) is 0 Å². The zero-order valence-electron chi connectivity index (χ0n) is 19.7. The number of phenols is 1. The zero-order valence-corrected chi connectivity index (χ0v) is 19.7. The number of aryl methyl sites for hydroxylation is 1. The smallest absolute Gasteiger partial charge is 0.119 e. The average molecular weight is 389 g/mol. The molecule has 0 aromatic heterocycles. The monoisotopic (exact) mass is 388 g/mol. The number of phenolic OH excluding ortho intramolecular Hbond substituents is 1. The summed E-state index contributed by atoms with van der Waals surface area (Å²) in [6, 6.07) is 4.34. The van der Waals surface area contributed by atoms with Crippen LogP contribution in [0.3, 0.4) is 0 Å². The molecule has 0 aliphatic carbocycles. The maximum atomic E-state index is 10.5. The minimum Gasteiger partial charge on any atom is -0.508 e. The minimum atomic E-state index is 0.451. The molecule has 0 fully saturated rings. The van der Waals surface area contributed by atoms with Crippen LogP contribution in [0.2, 0.25) is 0 Å². The summed E-state index contributed by atoms with van der Waals surface area (Å²) in [5.41, 5.74) is 3.88. The third kappa shape index (κ3) is 9.48. The van der Waals surface area contributed by atoms with Crippen LogP contribution in [0.4, 0.5) is 0 Å². The molecule has 0 heterocycles. The molecule has 2 atom stereocenters. The maximum absolute atomic E-state index is 10.5. The normalized spacial score (nSPS) is 13.6. The van der Waals surface area contributed by atoms with Crippen molar-refractivity contribution in [2.45, 2.75) is 136 Å². The summed E-state index contributed by atoms with van der Waals surface area (Å²) in [4.78, 5) is 0. The van der Waals surface area contributed by atoms with Crippen LogP contribution in [0.15, 0.2) is 12.1 Å². The van der Waals surface area contributed by atoms with Gasteiger partial charge in [-0.2, -0.15) is 0 Å². The lowest BCUT2D eigenvalue weighted by Crippen LogP contribution is -2.02. The number of benzene rings is 1. The van der Waals surface area contributed by atoms with Crippen LogP contribution >= 0.6 is 0 Å². The highest BCUT2D eigenvalue weighted by Gasteiger charge is 2.16. The summed E-state index contributed by atoms with van der Waals surface area (Å²) in [6.45, 7) is 11.4. The first-order valence-corrected chi connectivity index (χ1v) is 12.3. The van der Waals surface area contributed by atoms with Gasteiger partial charge in [0, 0.05) is 0 Å². The van der Waals surface area contributed by atoms with Gasteiger partial charge in [0.2, 0.25) is 0 Å². The molecule has 1 heteroatoms. The second-order valence-electron chi connectivity index (χ2n) is 9.18. The van der Waals surface area contributed by atoms with Crippen molar-refractivity contribution in [3.05, 3.63) is 28.8 Å². The Balaban J connectivity index is 2.54. The lowest BCUT2D eigenvalue weighted by molar-refractivity contribution is 0.455. The molecule has 162 valence electrons. The largest absolute Gasteiger partial charge is 0.508 e. The van der Waals surface area contributed by atoms with E-state index >= 15 is 0 Å². The molecule has 0 radical (unpaired) electrons. The molecule has 0 saturated carbocycles. The fraction of sp³-hybridized carbons (Fsp3) is 0.778. The van der Waals surface area contributed by atoms with Crippen LogP contribution in [0.1, 0.15) is 146 Å². The van der Waals surface area contributed by atoms with Gasteiger partial charge in [0.1, 0.15) is 5.75 Å². The molecule has 1 aromatic carbocycles. The van der Waals surface area contributed by atoms with E-state index < -0.39 is 0 Å². The molecule has 0 saturated heterocycles. The van der Waals surface area contributed by atoms with Crippen molar-refractivity contribution in [3.8, 4) is 5.75 Å². The van der Waals surface area contributed by atoms with Crippen molar-refractivity contribution in [3.63, 3.8) is 0 Å². The highest BCUT2D eigenvalue weighted by Crippen LogP contribution is 2.35. The molecule has 0 spiro atoms. The Morgan fingerprint density at radius 1 is 0.643 bits per heavy atom. The summed E-state index contributed by atoms with van der Waals surface area (Å²) in [5.74, 6) is 1.55. The van der Waals surface area contributed by atoms with Gasteiger partial charge in [-0.15, -0.1) is 0 Å². The lowest BCUT2D eigenvalue weighted by atomic mass is 9.86. The van der Waals surface area contributed by atoms with Gasteiger partial charge < -0.3 is 5.11 Å². The van der Waals surface area contributed by atoms with Gasteiger partial charge >= 0.3 is 0 Å². The van der Waals surface area contributed by atoms with Crippen LogP contribution in [0, 0.1) is 6.92 Å². The third-order valence-electron chi connectivity index (χ3n) is 6.46. The Morgan fingerprint density at radius 2 is 1.07 bits per heavy atom. The first kappa shape index (κ1) is 25.1. The van der Waals surface area contributed by atoms with Crippen LogP contribution in [-0.4, -0.2) is 5.11 Å². The predicted octanol–water partition coefficient (Wildman–Crippen LogP) is 9.41. The summed E-state index contributed by atoms with van der Waals surface area (Å²) in [7, 11) is 0. The number of aromatic hydroxyl groups is 1. The van der Waals surface area contributed by atoms with E-state index in [2.05, 4.69) is 40.7 Å². The summed E-state index contributed by atoms with van der Waals surface area (Å²) >= 11 is 0. The third-order valence-corrected chi connectivity index (χ3v) is 6.46. The molecule has 1 rings (SSSR count). The van der Waals surface area contributed by atoms with E-state index in [9.17, 15) is 5.11 Å². The van der Waals surface area contributed by atoms with Crippen molar-refractivity contribution >= 4 is 0 Å². The quantitative estimate of drug-likeness (QED) is 0.279. The fourth-order valence-corrected chi connectivity index (χ4v) is 4.43. The molecule has 0 bridgehead atoms. The Labute approximate surface area is 176 Å². The molecule has 2 unspecified atom stereocenters. The molecule has 1 N–H and O–H groups in total. The topological polar surface area (TPSA) is 20.2 Å². The van der Waals surface area contributed by atoms with E-state index in [1.807, 2.05) is 6.07 Å². The van der Waals surface area contributed by atoms with Crippen molar-refractivity contribution in [2.75, 3.05) is 0 Å². The maximum Gasteiger partial charge on any atom is 0.119 e. The van der Waals surface area contributed by atoms with Gasteiger partial charge in [0.15, 0.2) is 0 Å². The van der Waals surface area contributed by atoms with Crippen LogP contribution in [0.25, 0.3) is 0 Å². The van der Waals surface area contributed by atoms with Crippen LogP contribution < -0.4 is 0 Å². The Hall–Kier alpha value is -0.980. The number of unbranched alkanes of at least 4 members (excludes halogenated alkanes) is 10. The van der Waals surface area contributed by atoms with E-state index in [-0.39, 0.29) is 0 Å². The molecular formula is C27H48O. The molecule has 0 aliphatic rings. The standard InChI is InChI=1S/C27H48O/c1-6-8-10-12-14-16-18-22(3)25-21-26(27(28)20-24(25)5)23(4)19-17-15-13-11-9-7-2/h20-23,28H,6-19H2,1-5H3. The summed E-state index contributed by atoms with van der Waals surface area (Å²) in [6.07, 6.45) is 18.7. The predicted molar refractivity (Wildman–Crippen MR) is 126 cm³/mol. The summed E-state index contributed by atoms with van der Waals surface area (Å²) < 4.78 is 0. The lowest BCUT2D eigenvalue weighted by Gasteiger charge is -2.20. The fourth-order valence-electron chi connectivity index (χ4n) is 4.43. The Kier molecular flexibility index (Phi) is 13.4. The molecule has 0 amide bonds. The van der Waals surface area contributed by atoms with E-state index in [1.165, 1.54) is 107 Å². The highest BCUT2D eigenvalue weighted by atomic mass is 16.3. The number of hydrogen-bond donors (Lipinski definition) is 1. The van der Waals surface area contributed by atoms with Gasteiger partial charge in [-0.1, -0.05) is 111 Å². The van der Waals surface area contributed by atoms with E-state index in [4.69, 9.17) is 0 Å².